The molecule has 0 N–H and O–H groups in total. The molecule has 1 unspecified atom stereocenters. The number of aryl methyl sites for hydroxylation is 4. The molecule has 23 heavy (non-hydrogen) atoms. The van der Waals surface area contributed by atoms with Crippen molar-refractivity contribution in [2.45, 2.75) is 34.1 Å². The Balaban J connectivity index is 2.13. The number of hydrogen-bond donors (Lipinski definition) is 0. The van der Waals surface area contributed by atoms with Gasteiger partial charge in [-0.15, -0.1) is 0 Å². The molecule has 2 aromatic carbocycles. The van der Waals surface area contributed by atoms with E-state index in [4.69, 9.17) is 9.05 Å². The lowest BCUT2D eigenvalue weighted by Crippen LogP contribution is -2.07. The highest BCUT2D eigenvalue weighted by Crippen LogP contribution is 2.32. The Labute approximate surface area is 137 Å². The molecule has 0 fully saturated rings. The Morgan fingerprint density at radius 3 is 2.30 bits per heavy atom. The highest BCUT2D eigenvalue weighted by molar-refractivity contribution is 7.34. The van der Waals surface area contributed by atoms with Gasteiger partial charge in [0.05, 0.1) is 5.56 Å². The third kappa shape index (κ3) is 4.17. The van der Waals surface area contributed by atoms with Crippen molar-refractivity contribution < 1.29 is 18.4 Å². The fourth-order valence-corrected chi connectivity index (χ4v) is 3.20. The van der Waals surface area contributed by atoms with Crippen molar-refractivity contribution in [2.24, 2.45) is 0 Å². The smallest absolute Gasteiger partial charge is 0.241 e. The van der Waals surface area contributed by atoms with E-state index in [9.17, 15) is 9.36 Å². The zero-order valence-corrected chi connectivity index (χ0v) is 14.6. The predicted molar refractivity (Wildman–Crippen MR) is 90.1 cm³/mol. The summed E-state index contributed by atoms with van der Waals surface area (Å²) in [6.45, 7) is 7.59. The van der Waals surface area contributed by atoms with E-state index in [1.807, 2.05) is 52.0 Å². The van der Waals surface area contributed by atoms with Crippen LogP contribution in [0.15, 0.2) is 36.4 Å². The van der Waals surface area contributed by atoms with E-state index in [0.717, 1.165) is 28.7 Å². The number of carbonyl (C=O) groups excluding carboxylic acids is 1. The van der Waals surface area contributed by atoms with E-state index in [2.05, 4.69) is 0 Å². The second kappa shape index (κ2) is 7.38. The number of rotatable bonds is 5. The molecule has 0 aliphatic carbocycles. The summed E-state index contributed by atoms with van der Waals surface area (Å²) >= 11 is 0. The monoisotopic (exact) mass is 331 g/mol. The zero-order chi connectivity index (χ0) is 17.0. The number of para-hydroxylation sites is 1. The first-order chi connectivity index (χ1) is 10.9. The van der Waals surface area contributed by atoms with Gasteiger partial charge in [0.1, 0.15) is 0 Å². The molecule has 0 spiro atoms. The number of benzene rings is 2. The molecule has 0 aromatic heterocycles. The minimum absolute atomic E-state index is 0.436. The van der Waals surface area contributed by atoms with Crippen molar-refractivity contribution >= 4 is 14.2 Å². The van der Waals surface area contributed by atoms with Crippen molar-refractivity contribution in [2.75, 3.05) is 0 Å². The SMILES string of the molecule is CCc1ccccc1O[P+](=O)OC(=O)c1c(C)cc(C)cc1C. The first kappa shape index (κ1) is 17.2. The summed E-state index contributed by atoms with van der Waals surface area (Å²) in [5.41, 5.74) is 4.00. The van der Waals surface area contributed by atoms with Gasteiger partial charge in [-0.05, 0) is 44.4 Å². The van der Waals surface area contributed by atoms with Crippen molar-refractivity contribution in [3.8, 4) is 5.75 Å². The van der Waals surface area contributed by atoms with Crippen LogP contribution in [0.25, 0.3) is 0 Å². The van der Waals surface area contributed by atoms with Crippen LogP contribution in [-0.2, 0) is 15.5 Å². The van der Waals surface area contributed by atoms with Gasteiger partial charge in [-0.25, -0.2) is 9.32 Å². The van der Waals surface area contributed by atoms with Crippen LogP contribution in [0.5, 0.6) is 5.75 Å². The highest BCUT2D eigenvalue weighted by Gasteiger charge is 2.31. The second-order valence-electron chi connectivity index (χ2n) is 5.43. The Morgan fingerprint density at radius 2 is 1.70 bits per heavy atom. The standard InChI is InChI=1S/C18H20O4P/c1-5-15-8-6-7-9-16(15)21-23(20)22-18(19)17-13(3)10-12(2)11-14(17)4/h6-11H,5H2,1-4H3/q+1. The van der Waals surface area contributed by atoms with Crippen LogP contribution >= 0.6 is 8.25 Å². The second-order valence-corrected chi connectivity index (χ2v) is 6.24. The van der Waals surface area contributed by atoms with Gasteiger partial charge in [-0.1, -0.05) is 42.8 Å². The molecular formula is C18H20O4P+. The van der Waals surface area contributed by atoms with Gasteiger partial charge in [0.25, 0.3) is 0 Å². The van der Waals surface area contributed by atoms with Crippen LogP contribution in [0.4, 0.5) is 0 Å². The molecule has 120 valence electrons. The summed E-state index contributed by atoms with van der Waals surface area (Å²) in [5.74, 6) is -0.156. The predicted octanol–water partition coefficient (Wildman–Crippen LogP) is 5.07. The third-order valence-electron chi connectivity index (χ3n) is 3.56. The molecule has 0 amide bonds. The third-order valence-corrected chi connectivity index (χ3v) is 4.23. The van der Waals surface area contributed by atoms with E-state index in [1.165, 1.54) is 0 Å². The average Bonchev–Trinajstić information content (AvgIpc) is 2.46. The van der Waals surface area contributed by atoms with Gasteiger partial charge in [0.15, 0.2) is 5.75 Å². The zero-order valence-electron chi connectivity index (χ0n) is 13.8. The van der Waals surface area contributed by atoms with E-state index in [-0.39, 0.29) is 0 Å². The fraction of sp³-hybridized carbons (Fsp3) is 0.278. The van der Waals surface area contributed by atoms with Gasteiger partial charge in [-0.2, -0.15) is 4.52 Å². The minimum atomic E-state index is -2.57. The summed E-state index contributed by atoms with van der Waals surface area (Å²) in [7, 11) is -2.57. The lowest BCUT2D eigenvalue weighted by molar-refractivity contribution is 0.0731. The highest BCUT2D eigenvalue weighted by atomic mass is 31.1. The Morgan fingerprint density at radius 1 is 1.09 bits per heavy atom. The normalized spacial score (nSPS) is 11.0. The van der Waals surface area contributed by atoms with Crippen molar-refractivity contribution in [1.82, 2.24) is 0 Å². The average molecular weight is 331 g/mol. The van der Waals surface area contributed by atoms with Crippen molar-refractivity contribution in [3.05, 3.63) is 64.2 Å². The summed E-state index contributed by atoms with van der Waals surface area (Å²) in [6, 6.07) is 11.0. The molecule has 2 aromatic rings. The summed E-state index contributed by atoms with van der Waals surface area (Å²) < 4.78 is 22.3. The Kier molecular flexibility index (Phi) is 5.51. The Bertz CT molecular complexity index is 729. The van der Waals surface area contributed by atoms with E-state index < -0.39 is 14.2 Å². The molecule has 4 nitrogen and oxygen atoms in total. The molecule has 2 rings (SSSR count). The molecule has 1 atom stereocenters. The van der Waals surface area contributed by atoms with Crippen molar-refractivity contribution in [1.29, 1.82) is 0 Å². The van der Waals surface area contributed by atoms with Crippen LogP contribution in [0, 0.1) is 20.8 Å². The Hall–Kier alpha value is -2.19. The van der Waals surface area contributed by atoms with E-state index in [0.29, 0.717) is 11.3 Å². The maximum Gasteiger partial charge on any atom is 0.808 e. The van der Waals surface area contributed by atoms with Gasteiger partial charge in [0.2, 0.25) is 0 Å². The summed E-state index contributed by atoms with van der Waals surface area (Å²) in [6.07, 6.45) is 0.740. The largest absolute Gasteiger partial charge is 0.808 e. The molecule has 5 heteroatoms. The minimum Gasteiger partial charge on any atom is -0.241 e. The van der Waals surface area contributed by atoms with Crippen LogP contribution in [0.3, 0.4) is 0 Å². The van der Waals surface area contributed by atoms with Gasteiger partial charge in [0, 0.05) is 10.1 Å². The van der Waals surface area contributed by atoms with E-state index in [1.54, 1.807) is 12.1 Å². The van der Waals surface area contributed by atoms with Gasteiger partial charge < -0.3 is 0 Å². The first-order valence-corrected chi connectivity index (χ1v) is 8.55. The van der Waals surface area contributed by atoms with Crippen LogP contribution in [0.1, 0.15) is 39.5 Å². The number of hydrogen-bond acceptors (Lipinski definition) is 4. The van der Waals surface area contributed by atoms with Crippen LogP contribution in [-0.4, -0.2) is 5.97 Å². The molecule has 0 saturated heterocycles. The topological polar surface area (TPSA) is 52.6 Å². The molecular weight excluding hydrogens is 311 g/mol. The molecule has 0 aliphatic heterocycles. The molecule has 0 aliphatic rings. The lowest BCUT2D eigenvalue weighted by Gasteiger charge is -2.06. The maximum absolute atomic E-state index is 12.3. The van der Waals surface area contributed by atoms with Gasteiger partial charge in [-0.3, -0.25) is 0 Å². The lowest BCUT2D eigenvalue weighted by atomic mass is 10.0. The summed E-state index contributed by atoms with van der Waals surface area (Å²) in [5, 5.41) is 0. The first-order valence-electron chi connectivity index (χ1n) is 7.45. The van der Waals surface area contributed by atoms with Crippen LogP contribution < -0.4 is 4.52 Å². The van der Waals surface area contributed by atoms with Crippen LogP contribution in [0.2, 0.25) is 0 Å². The van der Waals surface area contributed by atoms with Crippen molar-refractivity contribution in [3.63, 3.8) is 0 Å². The fourth-order valence-electron chi connectivity index (χ4n) is 2.60. The van der Waals surface area contributed by atoms with E-state index >= 15 is 0 Å². The maximum atomic E-state index is 12.3. The molecule has 0 bridgehead atoms. The molecule has 0 radical (unpaired) electrons. The summed E-state index contributed by atoms with van der Waals surface area (Å²) in [4.78, 5) is 12.3. The molecule has 0 heterocycles. The number of carbonyl (C=O) groups is 1. The quantitative estimate of drug-likeness (QED) is 0.718. The molecule has 0 saturated carbocycles. The van der Waals surface area contributed by atoms with Gasteiger partial charge >= 0.3 is 14.2 Å².